The highest BCUT2D eigenvalue weighted by molar-refractivity contribution is 5.58. The Morgan fingerprint density at radius 1 is 1.08 bits per heavy atom. The Labute approximate surface area is 152 Å². The predicted molar refractivity (Wildman–Crippen MR) is 102 cm³/mol. The molecule has 0 aliphatic carbocycles. The Hall–Kier alpha value is -2.54. The number of nitrogens with zero attached hydrogens (tertiary/aromatic N) is 3. The lowest BCUT2D eigenvalue weighted by atomic mass is 10.2. The number of aromatic nitrogens is 2. The molecule has 0 saturated carbocycles. The minimum atomic E-state index is -0.337. The fourth-order valence-electron chi connectivity index (χ4n) is 3.47. The highest BCUT2D eigenvalue weighted by Gasteiger charge is 2.19. The van der Waals surface area contributed by atoms with Crippen LogP contribution in [0.15, 0.2) is 39.9 Å². The van der Waals surface area contributed by atoms with Crippen molar-refractivity contribution in [2.45, 2.75) is 19.9 Å². The molecule has 0 bridgehead atoms. The van der Waals surface area contributed by atoms with E-state index in [1.807, 2.05) is 18.2 Å². The van der Waals surface area contributed by atoms with Gasteiger partial charge in [-0.1, -0.05) is 12.1 Å². The van der Waals surface area contributed by atoms with Crippen molar-refractivity contribution in [1.29, 1.82) is 0 Å². The summed E-state index contributed by atoms with van der Waals surface area (Å²) in [7, 11) is 1.70. The third kappa shape index (κ3) is 4.16. The Bertz CT molecular complexity index is 850. The molecule has 1 N–H and O–H groups in total. The van der Waals surface area contributed by atoms with E-state index in [1.54, 1.807) is 18.6 Å². The van der Waals surface area contributed by atoms with Gasteiger partial charge in [0.1, 0.15) is 5.75 Å². The normalized spacial score (nSPS) is 15.2. The van der Waals surface area contributed by atoms with E-state index in [0.29, 0.717) is 12.2 Å². The molecule has 2 aromatic rings. The van der Waals surface area contributed by atoms with Crippen LogP contribution < -0.4 is 20.9 Å². The van der Waals surface area contributed by atoms with E-state index in [0.717, 1.165) is 50.6 Å². The number of aromatic amines is 1. The molecular formula is C19H26N4O3. The fourth-order valence-corrected chi connectivity index (χ4v) is 3.47. The molecule has 26 heavy (non-hydrogen) atoms. The van der Waals surface area contributed by atoms with Gasteiger partial charge in [-0.25, -0.2) is 4.79 Å². The van der Waals surface area contributed by atoms with Crippen molar-refractivity contribution in [3.05, 3.63) is 56.9 Å². The van der Waals surface area contributed by atoms with Crippen LogP contribution in [0, 0.1) is 6.92 Å². The van der Waals surface area contributed by atoms with Gasteiger partial charge in [0.2, 0.25) is 0 Å². The zero-order valence-corrected chi connectivity index (χ0v) is 15.4. The number of piperazine rings is 1. The topological polar surface area (TPSA) is 70.6 Å². The molecule has 0 atom stereocenters. The van der Waals surface area contributed by atoms with Crippen molar-refractivity contribution in [2.24, 2.45) is 0 Å². The second kappa shape index (κ2) is 8.23. The number of nitrogens with one attached hydrogen (secondary N) is 1. The van der Waals surface area contributed by atoms with Gasteiger partial charge >= 0.3 is 5.69 Å². The molecule has 3 rings (SSSR count). The zero-order valence-electron chi connectivity index (χ0n) is 15.4. The van der Waals surface area contributed by atoms with E-state index < -0.39 is 0 Å². The molecule has 2 heterocycles. The van der Waals surface area contributed by atoms with E-state index in [9.17, 15) is 9.59 Å². The Kier molecular flexibility index (Phi) is 5.78. The number of anilines is 1. The molecule has 1 aliphatic heterocycles. The molecule has 0 spiro atoms. The van der Waals surface area contributed by atoms with Crippen LogP contribution in [0.5, 0.6) is 5.75 Å². The molecule has 1 aromatic carbocycles. The second-order valence-corrected chi connectivity index (χ2v) is 6.59. The number of hydrogen-bond donors (Lipinski definition) is 1. The largest absolute Gasteiger partial charge is 0.495 e. The summed E-state index contributed by atoms with van der Waals surface area (Å²) >= 11 is 0. The number of benzene rings is 1. The van der Waals surface area contributed by atoms with E-state index in [2.05, 4.69) is 20.9 Å². The average Bonchev–Trinajstić information content (AvgIpc) is 2.64. The van der Waals surface area contributed by atoms with Crippen LogP contribution in [-0.2, 0) is 6.54 Å². The summed E-state index contributed by atoms with van der Waals surface area (Å²) in [6, 6.07) is 9.58. The van der Waals surface area contributed by atoms with Crippen LogP contribution in [-0.4, -0.2) is 54.3 Å². The molecule has 7 heteroatoms. The SMILES string of the molecule is COc1ccccc1N1CCN(CCCn2c(C)cc(=O)[nH]c2=O)CC1. The summed E-state index contributed by atoms with van der Waals surface area (Å²) in [5.74, 6) is 0.911. The minimum Gasteiger partial charge on any atom is -0.495 e. The van der Waals surface area contributed by atoms with Crippen LogP contribution in [0.1, 0.15) is 12.1 Å². The second-order valence-electron chi connectivity index (χ2n) is 6.59. The van der Waals surface area contributed by atoms with Gasteiger partial charge in [0.25, 0.3) is 5.56 Å². The molecule has 1 aliphatic rings. The lowest BCUT2D eigenvalue weighted by Gasteiger charge is -2.36. The highest BCUT2D eigenvalue weighted by Crippen LogP contribution is 2.28. The van der Waals surface area contributed by atoms with Gasteiger partial charge in [0.15, 0.2) is 0 Å². The molecule has 0 unspecified atom stereocenters. The van der Waals surface area contributed by atoms with Crippen molar-refractivity contribution < 1.29 is 4.74 Å². The van der Waals surface area contributed by atoms with Gasteiger partial charge in [0.05, 0.1) is 12.8 Å². The molecule has 0 amide bonds. The molecule has 1 aromatic heterocycles. The predicted octanol–water partition coefficient (Wildman–Crippen LogP) is 1.07. The lowest BCUT2D eigenvalue weighted by Crippen LogP contribution is -2.47. The lowest BCUT2D eigenvalue weighted by molar-refractivity contribution is 0.249. The number of methoxy groups -OCH3 is 1. The number of para-hydroxylation sites is 2. The number of H-pyrrole nitrogens is 1. The first-order chi connectivity index (χ1) is 12.6. The quantitative estimate of drug-likeness (QED) is 0.836. The molecule has 1 saturated heterocycles. The molecule has 0 radical (unpaired) electrons. The van der Waals surface area contributed by atoms with Crippen LogP contribution in [0.25, 0.3) is 0 Å². The average molecular weight is 358 g/mol. The summed E-state index contributed by atoms with van der Waals surface area (Å²) in [5.41, 5.74) is 1.19. The van der Waals surface area contributed by atoms with E-state index >= 15 is 0 Å². The Balaban J connectivity index is 1.51. The van der Waals surface area contributed by atoms with E-state index in [4.69, 9.17) is 4.74 Å². The third-order valence-corrected chi connectivity index (χ3v) is 4.90. The standard InChI is InChI=1S/C19H26N4O3/c1-15-14-18(24)20-19(25)23(15)9-5-8-21-10-12-22(13-11-21)16-6-3-4-7-17(16)26-2/h3-4,6-7,14H,5,8-13H2,1-2H3,(H,20,24,25). The summed E-state index contributed by atoms with van der Waals surface area (Å²) in [6.45, 7) is 7.23. The Morgan fingerprint density at radius 2 is 1.81 bits per heavy atom. The van der Waals surface area contributed by atoms with Crippen molar-refractivity contribution in [2.75, 3.05) is 44.7 Å². The first-order valence-corrected chi connectivity index (χ1v) is 8.99. The van der Waals surface area contributed by atoms with Gasteiger partial charge in [0, 0.05) is 44.5 Å². The summed E-state index contributed by atoms with van der Waals surface area (Å²) in [5, 5.41) is 0. The van der Waals surface area contributed by atoms with Gasteiger partial charge < -0.3 is 9.64 Å². The maximum absolute atomic E-state index is 11.9. The van der Waals surface area contributed by atoms with Crippen molar-refractivity contribution in [3.63, 3.8) is 0 Å². The third-order valence-electron chi connectivity index (χ3n) is 4.90. The molecule has 140 valence electrons. The smallest absolute Gasteiger partial charge is 0.328 e. The van der Waals surface area contributed by atoms with Gasteiger partial charge in [-0.3, -0.25) is 19.2 Å². The minimum absolute atomic E-state index is 0.323. The van der Waals surface area contributed by atoms with Crippen LogP contribution in [0.3, 0.4) is 0 Å². The van der Waals surface area contributed by atoms with Crippen molar-refractivity contribution in [3.8, 4) is 5.75 Å². The van der Waals surface area contributed by atoms with E-state index in [1.165, 1.54) is 6.07 Å². The van der Waals surface area contributed by atoms with Gasteiger partial charge in [-0.05, 0) is 32.0 Å². The monoisotopic (exact) mass is 358 g/mol. The summed E-state index contributed by atoms with van der Waals surface area (Å²) in [4.78, 5) is 30.3. The van der Waals surface area contributed by atoms with Gasteiger partial charge in [-0.15, -0.1) is 0 Å². The zero-order chi connectivity index (χ0) is 18.5. The fraction of sp³-hybridized carbons (Fsp3) is 0.474. The summed E-state index contributed by atoms with van der Waals surface area (Å²) < 4.78 is 7.09. The van der Waals surface area contributed by atoms with Crippen molar-refractivity contribution >= 4 is 5.69 Å². The maximum atomic E-state index is 11.9. The maximum Gasteiger partial charge on any atom is 0.328 e. The first kappa shape index (κ1) is 18.3. The van der Waals surface area contributed by atoms with Crippen LogP contribution in [0.4, 0.5) is 5.69 Å². The van der Waals surface area contributed by atoms with Gasteiger partial charge in [-0.2, -0.15) is 0 Å². The first-order valence-electron chi connectivity index (χ1n) is 8.99. The highest BCUT2D eigenvalue weighted by atomic mass is 16.5. The van der Waals surface area contributed by atoms with E-state index in [-0.39, 0.29) is 11.2 Å². The Morgan fingerprint density at radius 3 is 2.50 bits per heavy atom. The number of aryl methyl sites for hydroxylation is 1. The van der Waals surface area contributed by atoms with Crippen molar-refractivity contribution in [1.82, 2.24) is 14.5 Å². The molecule has 1 fully saturated rings. The van der Waals surface area contributed by atoms with Crippen LogP contribution >= 0.6 is 0 Å². The number of hydrogen-bond acceptors (Lipinski definition) is 5. The van der Waals surface area contributed by atoms with Crippen LogP contribution in [0.2, 0.25) is 0 Å². The molecule has 7 nitrogen and oxygen atoms in total. The number of ether oxygens (including phenoxy) is 1. The molecular weight excluding hydrogens is 332 g/mol. The summed E-state index contributed by atoms with van der Waals surface area (Å²) in [6.07, 6.45) is 0.876. The number of rotatable bonds is 6.